The minimum absolute atomic E-state index is 0.325. The molecule has 17 heavy (non-hydrogen) atoms. The lowest BCUT2D eigenvalue weighted by Crippen LogP contribution is -2.05. The highest BCUT2D eigenvalue weighted by molar-refractivity contribution is 5.49. The Labute approximate surface area is 101 Å². The van der Waals surface area contributed by atoms with Crippen LogP contribution in [0, 0.1) is 31.6 Å². The van der Waals surface area contributed by atoms with E-state index < -0.39 is 12.2 Å². The van der Waals surface area contributed by atoms with Crippen LogP contribution in [-0.2, 0) is 0 Å². The van der Waals surface area contributed by atoms with Crippen molar-refractivity contribution in [3.05, 3.63) is 28.8 Å². The van der Waals surface area contributed by atoms with Gasteiger partial charge >= 0.3 is 0 Å². The molecule has 0 aliphatic rings. The number of rotatable bonds is 3. The second-order valence-corrected chi connectivity index (χ2v) is 3.62. The van der Waals surface area contributed by atoms with E-state index in [-0.39, 0.29) is 0 Å². The van der Waals surface area contributed by atoms with Crippen LogP contribution in [0.5, 0.6) is 5.75 Å². The molecule has 0 heterocycles. The molecule has 3 nitrogen and oxygen atoms in total. The topological polar surface area (TPSA) is 49.7 Å². The number of aliphatic hydroxyl groups is 2. The van der Waals surface area contributed by atoms with E-state index in [1.165, 1.54) is 7.11 Å². The maximum Gasteiger partial charge on any atom is 0.143 e. The molecular formula is C14H14O3. The van der Waals surface area contributed by atoms with Crippen LogP contribution in [0.1, 0.15) is 28.9 Å². The van der Waals surface area contributed by atoms with Gasteiger partial charge in [-0.1, -0.05) is 17.4 Å². The Bertz CT molecular complexity index is 450. The summed E-state index contributed by atoms with van der Waals surface area (Å²) in [6.45, 7) is 1.82. The van der Waals surface area contributed by atoms with Gasteiger partial charge in [0.1, 0.15) is 18.0 Å². The predicted molar refractivity (Wildman–Crippen MR) is 65.3 cm³/mol. The Morgan fingerprint density at radius 3 is 1.82 bits per heavy atom. The summed E-state index contributed by atoms with van der Waals surface area (Å²) in [5.74, 6) is 4.74. The minimum atomic E-state index is -1.09. The van der Waals surface area contributed by atoms with Crippen LogP contribution in [0.25, 0.3) is 0 Å². The molecule has 1 rings (SSSR count). The number of ether oxygens (including phenoxy) is 1. The van der Waals surface area contributed by atoms with Gasteiger partial charge in [0.05, 0.1) is 7.11 Å². The maximum atomic E-state index is 9.70. The summed E-state index contributed by atoms with van der Waals surface area (Å²) in [4.78, 5) is 0. The van der Waals surface area contributed by atoms with Gasteiger partial charge in [0, 0.05) is 11.1 Å². The van der Waals surface area contributed by atoms with E-state index in [4.69, 9.17) is 17.6 Å². The lowest BCUT2D eigenvalue weighted by molar-refractivity contribution is 0.220. The van der Waals surface area contributed by atoms with Gasteiger partial charge in [-0.3, -0.25) is 0 Å². The zero-order chi connectivity index (χ0) is 13.0. The molecule has 0 radical (unpaired) electrons. The zero-order valence-electron chi connectivity index (χ0n) is 9.77. The number of aliphatic hydroxyl groups excluding tert-OH is 2. The quantitative estimate of drug-likeness (QED) is 0.770. The van der Waals surface area contributed by atoms with Crippen LogP contribution in [0.3, 0.4) is 0 Å². The molecule has 0 aromatic heterocycles. The monoisotopic (exact) mass is 230 g/mol. The Balaban J connectivity index is 3.48. The summed E-state index contributed by atoms with van der Waals surface area (Å²) in [6, 6.07) is 3.41. The Hall–Kier alpha value is -1.94. The third kappa shape index (κ3) is 2.60. The SMILES string of the molecule is C#C[C@@H](O)c1cc(C)cc([C@H](O)C#C)c1OC. The molecule has 2 N–H and O–H groups in total. The first kappa shape index (κ1) is 13.1. The van der Waals surface area contributed by atoms with Crippen molar-refractivity contribution < 1.29 is 14.9 Å². The summed E-state index contributed by atoms with van der Waals surface area (Å²) in [6.07, 6.45) is 8.18. The van der Waals surface area contributed by atoms with Gasteiger partial charge in [-0.05, 0) is 19.1 Å². The predicted octanol–water partition coefficient (Wildman–Crippen LogP) is 1.34. The Kier molecular flexibility index (Phi) is 4.17. The fourth-order valence-corrected chi connectivity index (χ4v) is 1.65. The summed E-state index contributed by atoms with van der Waals surface area (Å²) in [5.41, 5.74) is 1.69. The highest BCUT2D eigenvalue weighted by Gasteiger charge is 2.19. The standard InChI is InChI=1S/C14H14O3/c1-5-12(15)10-7-9(3)8-11(13(16)6-2)14(10)17-4/h1-2,7-8,12-13,15-16H,3-4H3/t12-,13-/m1/s1. The lowest BCUT2D eigenvalue weighted by Gasteiger charge is -2.17. The molecule has 0 spiro atoms. The fraction of sp³-hybridized carbons (Fsp3) is 0.286. The van der Waals surface area contributed by atoms with Crippen LogP contribution in [0.2, 0.25) is 0 Å². The molecule has 0 unspecified atom stereocenters. The Morgan fingerprint density at radius 1 is 1.12 bits per heavy atom. The van der Waals surface area contributed by atoms with Crippen LogP contribution in [-0.4, -0.2) is 17.3 Å². The van der Waals surface area contributed by atoms with Gasteiger partial charge in [-0.2, -0.15) is 0 Å². The molecule has 0 amide bonds. The molecule has 2 atom stereocenters. The average molecular weight is 230 g/mol. The van der Waals surface area contributed by atoms with Gasteiger partial charge < -0.3 is 14.9 Å². The maximum absolute atomic E-state index is 9.70. The number of methoxy groups -OCH3 is 1. The van der Waals surface area contributed by atoms with Crippen molar-refractivity contribution in [2.24, 2.45) is 0 Å². The number of benzene rings is 1. The van der Waals surface area contributed by atoms with Crippen LogP contribution < -0.4 is 4.74 Å². The number of terminal acetylenes is 2. The van der Waals surface area contributed by atoms with Crippen molar-refractivity contribution >= 4 is 0 Å². The van der Waals surface area contributed by atoms with Crippen molar-refractivity contribution in [3.63, 3.8) is 0 Å². The number of hydrogen-bond donors (Lipinski definition) is 2. The van der Waals surface area contributed by atoms with Gasteiger partial charge in [0.2, 0.25) is 0 Å². The molecule has 3 heteroatoms. The van der Waals surface area contributed by atoms with Gasteiger partial charge in [0.15, 0.2) is 0 Å². The van der Waals surface area contributed by atoms with E-state index in [0.29, 0.717) is 16.9 Å². The molecule has 0 aliphatic heterocycles. The summed E-state index contributed by atoms with van der Waals surface area (Å²) < 4.78 is 5.17. The van der Waals surface area contributed by atoms with E-state index >= 15 is 0 Å². The number of aryl methyl sites for hydroxylation is 1. The van der Waals surface area contributed by atoms with E-state index in [1.807, 2.05) is 6.92 Å². The third-order valence-corrected chi connectivity index (χ3v) is 2.40. The summed E-state index contributed by atoms with van der Waals surface area (Å²) in [7, 11) is 1.43. The third-order valence-electron chi connectivity index (χ3n) is 2.40. The largest absolute Gasteiger partial charge is 0.496 e. The van der Waals surface area contributed by atoms with Crippen molar-refractivity contribution in [2.75, 3.05) is 7.11 Å². The van der Waals surface area contributed by atoms with E-state index in [1.54, 1.807) is 12.1 Å². The lowest BCUT2D eigenvalue weighted by atomic mass is 9.98. The first-order chi connectivity index (χ1) is 8.04. The molecular weight excluding hydrogens is 216 g/mol. The van der Waals surface area contributed by atoms with E-state index in [0.717, 1.165) is 5.56 Å². The molecule has 0 bridgehead atoms. The molecule has 0 aliphatic carbocycles. The van der Waals surface area contributed by atoms with Gasteiger partial charge in [0.25, 0.3) is 0 Å². The van der Waals surface area contributed by atoms with E-state index in [2.05, 4.69) is 11.8 Å². The van der Waals surface area contributed by atoms with Crippen molar-refractivity contribution in [1.82, 2.24) is 0 Å². The van der Waals surface area contributed by atoms with Crippen molar-refractivity contribution in [3.8, 4) is 30.4 Å². The first-order valence-corrected chi connectivity index (χ1v) is 5.02. The molecule has 88 valence electrons. The molecule has 0 fully saturated rings. The zero-order valence-corrected chi connectivity index (χ0v) is 9.77. The average Bonchev–Trinajstić information content (AvgIpc) is 2.35. The fourth-order valence-electron chi connectivity index (χ4n) is 1.65. The second kappa shape index (κ2) is 5.41. The van der Waals surface area contributed by atoms with Crippen LogP contribution in [0.15, 0.2) is 12.1 Å². The minimum Gasteiger partial charge on any atom is -0.496 e. The first-order valence-electron chi connectivity index (χ1n) is 5.02. The summed E-state index contributed by atoms with van der Waals surface area (Å²) in [5, 5.41) is 19.4. The normalized spacial score (nSPS) is 13.3. The van der Waals surface area contributed by atoms with Crippen molar-refractivity contribution in [2.45, 2.75) is 19.1 Å². The molecule has 1 aromatic carbocycles. The molecule has 0 saturated heterocycles. The van der Waals surface area contributed by atoms with Crippen molar-refractivity contribution in [1.29, 1.82) is 0 Å². The highest BCUT2D eigenvalue weighted by atomic mass is 16.5. The van der Waals surface area contributed by atoms with Gasteiger partial charge in [-0.25, -0.2) is 0 Å². The molecule has 0 saturated carbocycles. The number of hydrogen-bond acceptors (Lipinski definition) is 3. The highest BCUT2D eigenvalue weighted by Crippen LogP contribution is 2.33. The smallest absolute Gasteiger partial charge is 0.143 e. The van der Waals surface area contributed by atoms with Crippen LogP contribution in [0.4, 0.5) is 0 Å². The Morgan fingerprint density at radius 2 is 1.53 bits per heavy atom. The van der Waals surface area contributed by atoms with Gasteiger partial charge in [-0.15, -0.1) is 12.8 Å². The molecule has 1 aromatic rings. The van der Waals surface area contributed by atoms with E-state index in [9.17, 15) is 10.2 Å². The summed E-state index contributed by atoms with van der Waals surface area (Å²) >= 11 is 0. The second-order valence-electron chi connectivity index (χ2n) is 3.62. The van der Waals surface area contributed by atoms with Crippen LogP contribution >= 0.6 is 0 Å².